The maximum absolute atomic E-state index is 11.9. The zero-order valence-corrected chi connectivity index (χ0v) is 12.0. The van der Waals surface area contributed by atoms with Crippen LogP contribution in [-0.4, -0.2) is 31.1 Å². The fourth-order valence-electron chi connectivity index (χ4n) is 1.81. The van der Waals surface area contributed by atoms with Crippen LogP contribution in [0.2, 0.25) is 0 Å². The SMILES string of the molecule is Cc1csc(NC(=O)Cc2ccc(-n3cnnn3)cc2)n1. The molecule has 0 saturated carbocycles. The summed E-state index contributed by atoms with van der Waals surface area (Å²) in [6, 6.07) is 7.49. The zero-order valence-electron chi connectivity index (χ0n) is 11.2. The minimum absolute atomic E-state index is 0.0838. The van der Waals surface area contributed by atoms with Gasteiger partial charge in [0.15, 0.2) is 5.13 Å². The van der Waals surface area contributed by atoms with Gasteiger partial charge in [-0.3, -0.25) is 4.79 Å². The van der Waals surface area contributed by atoms with E-state index in [9.17, 15) is 4.79 Å². The van der Waals surface area contributed by atoms with E-state index in [1.54, 1.807) is 4.68 Å². The minimum atomic E-state index is -0.0838. The van der Waals surface area contributed by atoms with Crippen molar-refractivity contribution >= 4 is 22.4 Å². The summed E-state index contributed by atoms with van der Waals surface area (Å²) in [5.74, 6) is -0.0838. The highest BCUT2D eigenvalue weighted by molar-refractivity contribution is 7.13. The molecule has 1 N–H and O–H groups in total. The first-order valence-corrected chi connectivity index (χ1v) is 7.13. The molecular weight excluding hydrogens is 288 g/mol. The number of carbonyl (C=O) groups is 1. The quantitative estimate of drug-likeness (QED) is 0.791. The average molecular weight is 300 g/mol. The summed E-state index contributed by atoms with van der Waals surface area (Å²) in [7, 11) is 0. The summed E-state index contributed by atoms with van der Waals surface area (Å²) in [5, 5.41) is 16.3. The molecule has 0 spiro atoms. The van der Waals surface area contributed by atoms with Crippen molar-refractivity contribution in [3.8, 4) is 5.69 Å². The van der Waals surface area contributed by atoms with Crippen LogP contribution < -0.4 is 5.32 Å². The highest BCUT2D eigenvalue weighted by Crippen LogP contribution is 2.15. The molecule has 0 saturated heterocycles. The number of benzene rings is 1. The second-order valence-electron chi connectivity index (χ2n) is 4.44. The highest BCUT2D eigenvalue weighted by Gasteiger charge is 2.07. The summed E-state index contributed by atoms with van der Waals surface area (Å²) < 4.78 is 1.56. The summed E-state index contributed by atoms with van der Waals surface area (Å²) >= 11 is 1.42. The number of hydrogen-bond acceptors (Lipinski definition) is 6. The second-order valence-corrected chi connectivity index (χ2v) is 5.30. The number of aromatic nitrogens is 5. The lowest BCUT2D eigenvalue weighted by atomic mass is 10.1. The van der Waals surface area contributed by atoms with E-state index in [1.807, 2.05) is 36.6 Å². The van der Waals surface area contributed by atoms with Crippen LogP contribution in [0.1, 0.15) is 11.3 Å². The fourth-order valence-corrected chi connectivity index (χ4v) is 2.51. The number of tetrazole rings is 1. The first-order valence-electron chi connectivity index (χ1n) is 6.25. The van der Waals surface area contributed by atoms with Gasteiger partial charge in [0.1, 0.15) is 6.33 Å². The number of rotatable bonds is 4. The lowest BCUT2D eigenvalue weighted by Gasteiger charge is -2.04. The third-order valence-corrected chi connectivity index (χ3v) is 3.66. The molecule has 0 radical (unpaired) electrons. The Morgan fingerprint density at radius 2 is 2.14 bits per heavy atom. The first kappa shape index (κ1) is 13.4. The number of hydrogen-bond donors (Lipinski definition) is 1. The normalized spacial score (nSPS) is 10.5. The molecule has 0 aliphatic carbocycles. The number of amides is 1. The van der Waals surface area contributed by atoms with Gasteiger partial charge in [-0.05, 0) is 35.0 Å². The Balaban J connectivity index is 1.63. The smallest absolute Gasteiger partial charge is 0.230 e. The van der Waals surface area contributed by atoms with Gasteiger partial charge in [0, 0.05) is 5.38 Å². The van der Waals surface area contributed by atoms with Crippen molar-refractivity contribution in [1.29, 1.82) is 0 Å². The van der Waals surface area contributed by atoms with Crippen LogP contribution in [0.25, 0.3) is 5.69 Å². The van der Waals surface area contributed by atoms with Gasteiger partial charge in [0.2, 0.25) is 5.91 Å². The van der Waals surface area contributed by atoms with E-state index in [1.165, 1.54) is 17.7 Å². The van der Waals surface area contributed by atoms with E-state index >= 15 is 0 Å². The van der Waals surface area contributed by atoms with Crippen LogP contribution in [0.3, 0.4) is 0 Å². The molecule has 2 heterocycles. The Bertz CT molecular complexity index is 734. The average Bonchev–Trinajstić information content (AvgIpc) is 3.11. The number of aryl methyl sites for hydroxylation is 1. The standard InChI is InChI=1S/C13H12N6OS/c1-9-7-21-13(15-9)16-12(20)6-10-2-4-11(5-3-10)19-8-14-17-18-19/h2-5,7-8H,6H2,1H3,(H,15,16,20). The molecule has 7 nitrogen and oxygen atoms in total. The van der Waals surface area contributed by atoms with Crippen molar-refractivity contribution in [1.82, 2.24) is 25.2 Å². The van der Waals surface area contributed by atoms with E-state index < -0.39 is 0 Å². The van der Waals surface area contributed by atoms with Crippen LogP contribution in [0.15, 0.2) is 36.0 Å². The molecule has 2 aromatic heterocycles. The Labute approximate surface area is 124 Å². The first-order chi connectivity index (χ1) is 10.2. The van der Waals surface area contributed by atoms with Gasteiger partial charge >= 0.3 is 0 Å². The van der Waals surface area contributed by atoms with Crippen molar-refractivity contribution in [2.24, 2.45) is 0 Å². The summed E-state index contributed by atoms with van der Waals surface area (Å²) in [5.41, 5.74) is 2.67. The van der Waals surface area contributed by atoms with Crippen molar-refractivity contribution in [2.45, 2.75) is 13.3 Å². The lowest BCUT2D eigenvalue weighted by Crippen LogP contribution is -2.14. The van der Waals surface area contributed by atoms with Gasteiger partial charge in [-0.15, -0.1) is 16.4 Å². The Hall–Kier alpha value is -2.61. The van der Waals surface area contributed by atoms with Crippen LogP contribution in [0.4, 0.5) is 5.13 Å². The summed E-state index contributed by atoms with van der Waals surface area (Å²) in [6.07, 6.45) is 1.82. The van der Waals surface area contributed by atoms with Gasteiger partial charge in [0.05, 0.1) is 17.8 Å². The summed E-state index contributed by atoms with van der Waals surface area (Å²) in [4.78, 5) is 16.1. The van der Waals surface area contributed by atoms with E-state index in [0.29, 0.717) is 11.6 Å². The van der Waals surface area contributed by atoms with Crippen molar-refractivity contribution < 1.29 is 4.79 Å². The molecule has 8 heteroatoms. The van der Waals surface area contributed by atoms with Crippen LogP contribution in [-0.2, 0) is 11.2 Å². The van der Waals surface area contributed by atoms with E-state index in [2.05, 4.69) is 25.8 Å². The van der Waals surface area contributed by atoms with Gasteiger partial charge in [0.25, 0.3) is 0 Å². The molecule has 1 amide bonds. The number of thiazole rings is 1. The number of anilines is 1. The van der Waals surface area contributed by atoms with E-state index in [4.69, 9.17) is 0 Å². The number of nitrogens with one attached hydrogen (secondary N) is 1. The van der Waals surface area contributed by atoms with Crippen LogP contribution in [0.5, 0.6) is 0 Å². The minimum Gasteiger partial charge on any atom is -0.302 e. The molecule has 0 bridgehead atoms. The van der Waals surface area contributed by atoms with Gasteiger partial charge in [-0.2, -0.15) is 0 Å². The largest absolute Gasteiger partial charge is 0.302 e. The maximum atomic E-state index is 11.9. The van der Waals surface area contributed by atoms with Crippen molar-refractivity contribution in [3.05, 3.63) is 47.2 Å². The Kier molecular flexibility index (Phi) is 3.69. The molecule has 0 fully saturated rings. The van der Waals surface area contributed by atoms with Crippen molar-refractivity contribution in [3.63, 3.8) is 0 Å². The Morgan fingerprint density at radius 3 is 2.76 bits per heavy atom. The third kappa shape index (κ3) is 3.29. The Morgan fingerprint density at radius 1 is 1.33 bits per heavy atom. The summed E-state index contributed by atoms with van der Waals surface area (Å²) in [6.45, 7) is 1.89. The fraction of sp³-hybridized carbons (Fsp3) is 0.154. The van der Waals surface area contributed by atoms with Gasteiger partial charge < -0.3 is 5.32 Å². The monoisotopic (exact) mass is 300 g/mol. The molecule has 1 aromatic carbocycles. The van der Waals surface area contributed by atoms with Gasteiger partial charge in [-0.1, -0.05) is 12.1 Å². The van der Waals surface area contributed by atoms with Crippen LogP contribution in [0, 0.1) is 6.92 Å². The number of carbonyl (C=O) groups excluding carboxylic acids is 1. The predicted molar refractivity (Wildman–Crippen MR) is 78.3 cm³/mol. The molecule has 3 rings (SSSR count). The van der Waals surface area contributed by atoms with Crippen LogP contribution >= 0.6 is 11.3 Å². The van der Waals surface area contributed by atoms with E-state index in [-0.39, 0.29) is 5.91 Å². The molecule has 21 heavy (non-hydrogen) atoms. The lowest BCUT2D eigenvalue weighted by molar-refractivity contribution is -0.115. The zero-order chi connectivity index (χ0) is 14.7. The number of nitrogens with zero attached hydrogens (tertiary/aromatic N) is 5. The second kappa shape index (κ2) is 5.80. The highest BCUT2D eigenvalue weighted by atomic mass is 32.1. The molecule has 3 aromatic rings. The van der Waals surface area contributed by atoms with Gasteiger partial charge in [-0.25, -0.2) is 9.67 Å². The molecule has 106 valence electrons. The maximum Gasteiger partial charge on any atom is 0.230 e. The molecular formula is C13H12N6OS. The van der Waals surface area contributed by atoms with Crippen molar-refractivity contribution in [2.75, 3.05) is 5.32 Å². The molecule has 0 unspecified atom stereocenters. The third-order valence-electron chi connectivity index (χ3n) is 2.78. The van der Waals surface area contributed by atoms with E-state index in [0.717, 1.165) is 16.9 Å². The molecule has 0 atom stereocenters. The molecule has 0 aliphatic heterocycles. The topological polar surface area (TPSA) is 85.6 Å². The molecule has 0 aliphatic rings. The predicted octanol–water partition coefficient (Wildman–Crippen LogP) is 1.61.